The molecule has 0 aliphatic heterocycles. The molecule has 0 fully saturated rings. The SMILES string of the molecule is CCOCCCNC(=O)CSc1nnc(-c2ccco2)n1CC. The number of carbonyl (C=O) groups excluding carboxylic acids is 1. The molecule has 0 spiro atoms. The van der Waals surface area contributed by atoms with Crippen LogP contribution >= 0.6 is 11.8 Å². The second-order valence-corrected chi connectivity index (χ2v) is 5.66. The van der Waals surface area contributed by atoms with Gasteiger partial charge in [0, 0.05) is 26.3 Å². The van der Waals surface area contributed by atoms with E-state index in [2.05, 4.69) is 15.5 Å². The van der Waals surface area contributed by atoms with E-state index >= 15 is 0 Å². The Kier molecular flexibility index (Phi) is 7.15. The highest BCUT2D eigenvalue weighted by molar-refractivity contribution is 7.99. The van der Waals surface area contributed by atoms with Crippen molar-refractivity contribution in [3.8, 4) is 11.6 Å². The highest BCUT2D eigenvalue weighted by Crippen LogP contribution is 2.23. The molecule has 0 radical (unpaired) electrons. The molecule has 1 amide bonds. The monoisotopic (exact) mass is 338 g/mol. The van der Waals surface area contributed by atoms with Gasteiger partial charge >= 0.3 is 0 Å². The van der Waals surface area contributed by atoms with Crippen LogP contribution in [0.3, 0.4) is 0 Å². The molecule has 0 aromatic carbocycles. The van der Waals surface area contributed by atoms with Gasteiger partial charge in [-0.2, -0.15) is 0 Å². The van der Waals surface area contributed by atoms with Crippen LogP contribution in [-0.2, 0) is 16.1 Å². The van der Waals surface area contributed by atoms with E-state index in [9.17, 15) is 4.79 Å². The minimum atomic E-state index is -0.0169. The Hall–Kier alpha value is -1.80. The smallest absolute Gasteiger partial charge is 0.230 e. The minimum Gasteiger partial charge on any atom is -0.461 e. The molecular formula is C15H22N4O3S. The Morgan fingerprint density at radius 1 is 1.43 bits per heavy atom. The van der Waals surface area contributed by atoms with Gasteiger partial charge in [-0.25, -0.2) is 0 Å². The number of amides is 1. The summed E-state index contributed by atoms with van der Waals surface area (Å²) < 4.78 is 12.5. The first-order valence-electron chi connectivity index (χ1n) is 7.70. The fourth-order valence-corrected chi connectivity index (χ4v) is 2.83. The van der Waals surface area contributed by atoms with E-state index < -0.39 is 0 Å². The van der Waals surface area contributed by atoms with Crippen molar-refractivity contribution in [1.82, 2.24) is 20.1 Å². The minimum absolute atomic E-state index is 0.0169. The van der Waals surface area contributed by atoms with Crippen molar-refractivity contribution in [3.63, 3.8) is 0 Å². The number of thioether (sulfide) groups is 1. The maximum Gasteiger partial charge on any atom is 0.230 e. The van der Waals surface area contributed by atoms with Crippen molar-refractivity contribution in [2.24, 2.45) is 0 Å². The summed E-state index contributed by atoms with van der Waals surface area (Å²) in [6.07, 6.45) is 2.42. The van der Waals surface area contributed by atoms with Crippen LogP contribution in [0.1, 0.15) is 20.3 Å². The molecule has 0 saturated heterocycles. The summed E-state index contributed by atoms with van der Waals surface area (Å²) in [5.41, 5.74) is 0. The molecule has 1 N–H and O–H groups in total. The molecule has 23 heavy (non-hydrogen) atoms. The van der Waals surface area contributed by atoms with Gasteiger partial charge in [-0.3, -0.25) is 9.36 Å². The van der Waals surface area contributed by atoms with Crippen molar-refractivity contribution in [2.75, 3.05) is 25.5 Å². The molecule has 0 aliphatic rings. The maximum atomic E-state index is 11.8. The third-order valence-corrected chi connectivity index (χ3v) is 4.07. The molecule has 0 atom stereocenters. The third kappa shape index (κ3) is 5.11. The van der Waals surface area contributed by atoms with Gasteiger partial charge in [-0.1, -0.05) is 11.8 Å². The zero-order chi connectivity index (χ0) is 16.5. The van der Waals surface area contributed by atoms with Crippen LogP contribution in [0.2, 0.25) is 0 Å². The molecule has 8 heteroatoms. The Morgan fingerprint density at radius 2 is 2.30 bits per heavy atom. The van der Waals surface area contributed by atoms with Crippen LogP contribution in [0, 0.1) is 0 Å². The van der Waals surface area contributed by atoms with Gasteiger partial charge in [0.05, 0.1) is 12.0 Å². The topological polar surface area (TPSA) is 82.2 Å². The standard InChI is InChI=1S/C15H22N4O3S/c1-3-19-14(12-7-5-10-22-12)17-18-15(19)23-11-13(20)16-8-6-9-21-4-2/h5,7,10H,3-4,6,8-9,11H2,1-2H3,(H,16,20). The van der Waals surface area contributed by atoms with Crippen LogP contribution < -0.4 is 5.32 Å². The summed E-state index contributed by atoms with van der Waals surface area (Å²) in [6.45, 7) is 6.66. The first kappa shape index (κ1) is 17.6. The molecular weight excluding hydrogens is 316 g/mol. The molecule has 2 aromatic rings. The molecule has 0 aliphatic carbocycles. The normalized spacial score (nSPS) is 10.9. The summed E-state index contributed by atoms with van der Waals surface area (Å²) in [5, 5.41) is 11.9. The van der Waals surface area contributed by atoms with E-state index in [-0.39, 0.29) is 5.91 Å². The van der Waals surface area contributed by atoms with E-state index in [1.807, 2.05) is 30.5 Å². The van der Waals surface area contributed by atoms with E-state index in [0.717, 1.165) is 6.42 Å². The predicted molar refractivity (Wildman–Crippen MR) is 88.2 cm³/mol. The van der Waals surface area contributed by atoms with Gasteiger partial charge in [-0.15, -0.1) is 10.2 Å². The Labute approximate surface area is 139 Å². The molecule has 0 bridgehead atoms. The van der Waals surface area contributed by atoms with Gasteiger partial charge < -0.3 is 14.5 Å². The van der Waals surface area contributed by atoms with Crippen molar-refractivity contribution >= 4 is 17.7 Å². The highest BCUT2D eigenvalue weighted by atomic mass is 32.2. The zero-order valence-corrected chi connectivity index (χ0v) is 14.3. The van der Waals surface area contributed by atoms with Crippen molar-refractivity contribution in [3.05, 3.63) is 18.4 Å². The summed E-state index contributed by atoms with van der Waals surface area (Å²) >= 11 is 1.37. The van der Waals surface area contributed by atoms with Gasteiger partial charge in [0.25, 0.3) is 0 Å². The number of ether oxygens (including phenoxy) is 1. The number of aromatic nitrogens is 3. The van der Waals surface area contributed by atoms with E-state index in [4.69, 9.17) is 9.15 Å². The van der Waals surface area contributed by atoms with Crippen LogP contribution in [-0.4, -0.2) is 46.2 Å². The number of hydrogen-bond donors (Lipinski definition) is 1. The van der Waals surface area contributed by atoms with Gasteiger partial charge in [-0.05, 0) is 32.4 Å². The number of furan rings is 1. The van der Waals surface area contributed by atoms with Crippen LogP contribution in [0.25, 0.3) is 11.6 Å². The van der Waals surface area contributed by atoms with Crippen LogP contribution in [0.15, 0.2) is 28.0 Å². The predicted octanol–water partition coefficient (Wildman–Crippen LogP) is 2.19. The molecule has 7 nitrogen and oxygen atoms in total. The molecule has 2 heterocycles. The second-order valence-electron chi connectivity index (χ2n) is 4.72. The second kappa shape index (κ2) is 9.36. The average molecular weight is 338 g/mol. The number of carbonyl (C=O) groups is 1. The highest BCUT2D eigenvalue weighted by Gasteiger charge is 2.15. The molecule has 0 unspecified atom stereocenters. The first-order chi connectivity index (χ1) is 11.3. The summed E-state index contributed by atoms with van der Waals surface area (Å²) in [7, 11) is 0. The van der Waals surface area contributed by atoms with Gasteiger partial charge in [0.1, 0.15) is 0 Å². The fraction of sp³-hybridized carbons (Fsp3) is 0.533. The number of rotatable bonds is 10. The number of hydrogen-bond acceptors (Lipinski definition) is 6. The van der Waals surface area contributed by atoms with Crippen molar-refractivity contribution in [1.29, 1.82) is 0 Å². The maximum absolute atomic E-state index is 11.8. The Balaban J connectivity index is 1.83. The lowest BCUT2D eigenvalue weighted by Gasteiger charge is -2.07. The van der Waals surface area contributed by atoms with E-state index in [0.29, 0.717) is 48.8 Å². The Bertz CT molecular complexity index is 598. The molecule has 2 aromatic heterocycles. The van der Waals surface area contributed by atoms with Gasteiger partial charge in [0.15, 0.2) is 16.7 Å². The van der Waals surface area contributed by atoms with Crippen LogP contribution in [0.4, 0.5) is 0 Å². The summed E-state index contributed by atoms with van der Waals surface area (Å²) in [4.78, 5) is 11.8. The fourth-order valence-electron chi connectivity index (χ4n) is 2.00. The van der Waals surface area contributed by atoms with Crippen LogP contribution in [0.5, 0.6) is 0 Å². The van der Waals surface area contributed by atoms with E-state index in [1.54, 1.807) is 6.26 Å². The largest absolute Gasteiger partial charge is 0.461 e. The lowest BCUT2D eigenvalue weighted by molar-refractivity contribution is -0.118. The number of nitrogens with zero attached hydrogens (tertiary/aromatic N) is 3. The zero-order valence-electron chi connectivity index (χ0n) is 13.4. The average Bonchev–Trinajstić information content (AvgIpc) is 3.21. The van der Waals surface area contributed by atoms with Crippen molar-refractivity contribution < 1.29 is 13.9 Å². The third-order valence-electron chi connectivity index (χ3n) is 3.10. The lowest BCUT2D eigenvalue weighted by Crippen LogP contribution is -2.27. The number of nitrogens with one attached hydrogen (secondary N) is 1. The lowest BCUT2D eigenvalue weighted by atomic mass is 10.4. The van der Waals surface area contributed by atoms with E-state index in [1.165, 1.54) is 11.8 Å². The van der Waals surface area contributed by atoms with Crippen molar-refractivity contribution in [2.45, 2.75) is 32.0 Å². The molecule has 0 saturated carbocycles. The van der Waals surface area contributed by atoms with Gasteiger partial charge in [0.2, 0.25) is 5.91 Å². The summed E-state index contributed by atoms with van der Waals surface area (Å²) in [6, 6.07) is 3.65. The first-order valence-corrected chi connectivity index (χ1v) is 8.69. The quantitative estimate of drug-likeness (QED) is 0.528. The summed E-state index contributed by atoms with van der Waals surface area (Å²) in [5.74, 6) is 1.64. The Morgan fingerprint density at radius 3 is 3.00 bits per heavy atom. The molecule has 126 valence electrons. The molecule has 2 rings (SSSR count).